The number of ether oxygens (including phenoxy) is 2. The van der Waals surface area contributed by atoms with Gasteiger partial charge in [-0.25, -0.2) is 4.79 Å². The van der Waals surface area contributed by atoms with E-state index in [1.54, 1.807) is 32.3 Å². The molecule has 1 aliphatic heterocycles. The van der Waals surface area contributed by atoms with Gasteiger partial charge in [0.15, 0.2) is 0 Å². The molecule has 6 nitrogen and oxygen atoms in total. The van der Waals surface area contributed by atoms with E-state index >= 15 is 0 Å². The van der Waals surface area contributed by atoms with E-state index in [1.807, 2.05) is 25.7 Å². The summed E-state index contributed by atoms with van der Waals surface area (Å²) in [5.41, 5.74) is 0.0284. The lowest BCUT2D eigenvalue weighted by Gasteiger charge is -2.33. The molecule has 0 unspecified atom stereocenters. The topological polar surface area (TPSA) is 59.1 Å². The van der Waals surface area contributed by atoms with Crippen molar-refractivity contribution in [2.45, 2.75) is 71.5 Å². The number of carbonyl (C=O) groups is 2. The highest BCUT2D eigenvalue weighted by Gasteiger charge is 2.26. The van der Waals surface area contributed by atoms with Crippen molar-refractivity contribution >= 4 is 23.6 Å². The normalized spacial score (nSPS) is 16.0. The van der Waals surface area contributed by atoms with E-state index in [-0.39, 0.29) is 18.1 Å². The summed E-state index contributed by atoms with van der Waals surface area (Å²) in [7, 11) is 3.40. The Bertz CT molecular complexity index is 752. The fraction of sp³-hybridized carbons (Fsp3) is 0.667. The Morgan fingerprint density at radius 2 is 1.87 bits per heavy atom. The second-order valence-electron chi connectivity index (χ2n) is 9.61. The van der Waals surface area contributed by atoms with Crippen molar-refractivity contribution in [3.05, 3.63) is 28.8 Å². The maximum Gasteiger partial charge on any atom is 0.410 e. The molecule has 2 rings (SSSR count). The van der Waals surface area contributed by atoms with Crippen LogP contribution < -0.4 is 4.74 Å². The van der Waals surface area contributed by atoms with Crippen LogP contribution in [0.15, 0.2) is 18.2 Å². The maximum absolute atomic E-state index is 12.2. The summed E-state index contributed by atoms with van der Waals surface area (Å²) in [5, 5.41) is 0.403. The number of rotatable bonds is 7. The summed E-state index contributed by atoms with van der Waals surface area (Å²) in [6.07, 6.45) is 5.05. The molecule has 7 heteroatoms. The highest BCUT2D eigenvalue weighted by Crippen LogP contribution is 2.27. The lowest BCUT2D eigenvalue weighted by atomic mass is 9.91. The van der Waals surface area contributed by atoms with Crippen molar-refractivity contribution < 1.29 is 19.1 Å². The molecule has 0 aromatic heterocycles. The van der Waals surface area contributed by atoms with E-state index in [0.717, 1.165) is 45.2 Å². The number of likely N-dealkylation sites (tertiary alicyclic amines) is 1. The summed E-state index contributed by atoms with van der Waals surface area (Å²) < 4.78 is 11.5. The number of hydrogen-bond acceptors (Lipinski definition) is 4. The number of benzene rings is 1. The molecule has 1 saturated heterocycles. The molecule has 0 N–H and O–H groups in total. The number of carbonyl (C=O) groups excluding carboxylic acids is 2. The molecule has 1 aromatic carbocycles. The first-order valence-electron chi connectivity index (χ1n) is 11.1. The van der Waals surface area contributed by atoms with Crippen molar-refractivity contribution in [1.82, 2.24) is 9.80 Å². The Morgan fingerprint density at radius 3 is 2.42 bits per heavy atom. The zero-order chi connectivity index (χ0) is 23.2. The third kappa shape index (κ3) is 8.24. The average molecular weight is 453 g/mol. The molecule has 1 aliphatic rings. The van der Waals surface area contributed by atoms with Gasteiger partial charge in [0.2, 0.25) is 0 Å². The molecule has 0 bridgehead atoms. The fourth-order valence-corrected chi connectivity index (χ4v) is 3.95. The van der Waals surface area contributed by atoms with Gasteiger partial charge in [0, 0.05) is 27.2 Å². The van der Waals surface area contributed by atoms with Gasteiger partial charge in [-0.15, -0.1) is 0 Å². The van der Waals surface area contributed by atoms with Crippen molar-refractivity contribution in [1.29, 1.82) is 0 Å². The zero-order valence-corrected chi connectivity index (χ0v) is 20.5. The third-order valence-corrected chi connectivity index (χ3v) is 5.72. The Labute approximate surface area is 191 Å². The molecule has 0 spiro atoms. The van der Waals surface area contributed by atoms with Gasteiger partial charge < -0.3 is 19.3 Å². The number of amides is 2. The van der Waals surface area contributed by atoms with Crippen LogP contribution in [-0.4, -0.2) is 60.7 Å². The quantitative estimate of drug-likeness (QED) is 0.538. The molecule has 1 atom stereocenters. The van der Waals surface area contributed by atoms with Crippen molar-refractivity contribution in [3.63, 3.8) is 0 Å². The first kappa shape index (κ1) is 25.3. The summed E-state index contributed by atoms with van der Waals surface area (Å²) in [6.45, 7) is 9.27. The third-order valence-electron chi connectivity index (χ3n) is 5.40. The van der Waals surface area contributed by atoms with Gasteiger partial charge in [-0.05, 0) is 77.5 Å². The van der Waals surface area contributed by atoms with E-state index in [4.69, 9.17) is 21.1 Å². The van der Waals surface area contributed by atoms with E-state index in [2.05, 4.69) is 6.92 Å². The highest BCUT2D eigenvalue weighted by molar-refractivity contribution is 6.34. The Kier molecular flexibility index (Phi) is 9.04. The smallest absolute Gasteiger partial charge is 0.410 e. The SMILES string of the molecule is C[C@H](CCCC1CCN(C(=O)OC(C)(C)C)CC1)Oc1ccc(C(=O)N(C)C)c(Cl)c1. The van der Waals surface area contributed by atoms with Crippen molar-refractivity contribution in [3.8, 4) is 5.75 Å². The molecule has 2 amide bonds. The summed E-state index contributed by atoms with van der Waals surface area (Å²) in [5.74, 6) is 1.19. The molecule has 174 valence electrons. The van der Waals surface area contributed by atoms with Crippen LogP contribution in [0.5, 0.6) is 5.75 Å². The summed E-state index contributed by atoms with van der Waals surface area (Å²) in [6, 6.07) is 5.22. The molecule has 0 aliphatic carbocycles. The molecule has 1 aromatic rings. The van der Waals surface area contributed by atoms with Crippen molar-refractivity contribution in [2.75, 3.05) is 27.2 Å². The van der Waals surface area contributed by atoms with Crippen LogP contribution >= 0.6 is 11.6 Å². The number of piperidine rings is 1. The second-order valence-corrected chi connectivity index (χ2v) is 10.0. The molecule has 31 heavy (non-hydrogen) atoms. The molecular weight excluding hydrogens is 416 g/mol. The molecule has 1 heterocycles. The summed E-state index contributed by atoms with van der Waals surface area (Å²) in [4.78, 5) is 27.6. The minimum absolute atomic E-state index is 0.0633. The lowest BCUT2D eigenvalue weighted by molar-refractivity contribution is 0.0179. The largest absolute Gasteiger partial charge is 0.491 e. The van der Waals surface area contributed by atoms with E-state index in [0.29, 0.717) is 22.3 Å². The van der Waals surface area contributed by atoms with Crippen LogP contribution in [0, 0.1) is 5.92 Å². The first-order chi connectivity index (χ1) is 14.5. The van der Waals surface area contributed by atoms with E-state index in [1.165, 1.54) is 4.90 Å². The van der Waals surface area contributed by atoms with E-state index in [9.17, 15) is 9.59 Å². The predicted octanol–water partition coefficient (Wildman–Crippen LogP) is 5.63. The Balaban J connectivity index is 1.71. The minimum atomic E-state index is -0.448. The van der Waals surface area contributed by atoms with Gasteiger partial charge in [-0.1, -0.05) is 18.0 Å². The van der Waals surface area contributed by atoms with Crippen LogP contribution in [0.2, 0.25) is 5.02 Å². The van der Waals surface area contributed by atoms with Gasteiger partial charge in [0.05, 0.1) is 16.7 Å². The maximum atomic E-state index is 12.2. The predicted molar refractivity (Wildman–Crippen MR) is 124 cm³/mol. The lowest BCUT2D eigenvalue weighted by Crippen LogP contribution is -2.41. The van der Waals surface area contributed by atoms with Crippen LogP contribution in [0.4, 0.5) is 4.79 Å². The van der Waals surface area contributed by atoms with Gasteiger partial charge in [-0.2, -0.15) is 0 Å². The fourth-order valence-electron chi connectivity index (χ4n) is 3.70. The zero-order valence-electron chi connectivity index (χ0n) is 19.7. The second kappa shape index (κ2) is 11.1. The van der Waals surface area contributed by atoms with E-state index < -0.39 is 5.60 Å². The molecular formula is C24H37ClN2O4. The summed E-state index contributed by atoms with van der Waals surface area (Å²) >= 11 is 6.26. The number of nitrogens with zero attached hydrogens (tertiary/aromatic N) is 2. The molecule has 0 radical (unpaired) electrons. The van der Waals surface area contributed by atoms with Gasteiger partial charge >= 0.3 is 6.09 Å². The minimum Gasteiger partial charge on any atom is -0.491 e. The van der Waals surface area contributed by atoms with Gasteiger partial charge in [0.25, 0.3) is 5.91 Å². The van der Waals surface area contributed by atoms with Gasteiger partial charge in [0.1, 0.15) is 11.4 Å². The highest BCUT2D eigenvalue weighted by atomic mass is 35.5. The number of halogens is 1. The Hall–Kier alpha value is -1.95. The number of hydrogen-bond donors (Lipinski definition) is 0. The van der Waals surface area contributed by atoms with Crippen molar-refractivity contribution in [2.24, 2.45) is 5.92 Å². The standard InChI is InChI=1S/C24H37ClN2O4/c1-17(30-19-10-11-20(21(25)16-19)22(28)26(5)6)8-7-9-18-12-14-27(15-13-18)23(29)31-24(2,3)4/h10-11,16-18H,7-9,12-15H2,1-6H3/t17-/m1/s1. The molecule has 0 saturated carbocycles. The van der Waals surface area contributed by atoms with Crippen LogP contribution in [0.3, 0.4) is 0 Å². The van der Waals surface area contributed by atoms with Gasteiger partial charge in [-0.3, -0.25) is 4.79 Å². The first-order valence-corrected chi connectivity index (χ1v) is 11.5. The monoisotopic (exact) mass is 452 g/mol. The average Bonchev–Trinajstić information content (AvgIpc) is 2.66. The van der Waals surface area contributed by atoms with Crippen LogP contribution in [0.25, 0.3) is 0 Å². The van der Waals surface area contributed by atoms with Crippen LogP contribution in [-0.2, 0) is 4.74 Å². The molecule has 1 fully saturated rings. The Morgan fingerprint density at radius 1 is 1.23 bits per heavy atom. The van der Waals surface area contributed by atoms with Crippen LogP contribution in [0.1, 0.15) is 70.2 Å².